The van der Waals surface area contributed by atoms with Crippen LogP contribution in [0.15, 0.2) is 42.5 Å². The van der Waals surface area contributed by atoms with Crippen LogP contribution in [0, 0.1) is 13.8 Å². The lowest BCUT2D eigenvalue weighted by molar-refractivity contribution is -0.122. The van der Waals surface area contributed by atoms with Gasteiger partial charge in [-0.1, -0.05) is 13.0 Å². The van der Waals surface area contributed by atoms with Gasteiger partial charge in [0.15, 0.2) is 6.10 Å². The van der Waals surface area contributed by atoms with Crippen molar-refractivity contribution in [2.24, 2.45) is 0 Å². The van der Waals surface area contributed by atoms with Gasteiger partial charge in [-0.15, -0.1) is 0 Å². The Kier molecular flexibility index (Phi) is 6.17. The van der Waals surface area contributed by atoms with Crippen LogP contribution in [-0.4, -0.2) is 17.9 Å². The zero-order valence-electron chi connectivity index (χ0n) is 15.1. The van der Waals surface area contributed by atoms with Crippen LogP contribution < -0.4 is 15.4 Å². The monoisotopic (exact) mass is 340 g/mol. The molecule has 0 spiro atoms. The van der Waals surface area contributed by atoms with E-state index in [1.165, 1.54) is 12.5 Å². The van der Waals surface area contributed by atoms with Crippen LogP contribution in [0.25, 0.3) is 0 Å². The molecule has 0 saturated carbocycles. The summed E-state index contributed by atoms with van der Waals surface area (Å²) in [6.07, 6.45) is -0.0138. The third-order valence-electron chi connectivity index (χ3n) is 3.89. The van der Waals surface area contributed by atoms with E-state index in [9.17, 15) is 9.59 Å². The second-order valence-corrected chi connectivity index (χ2v) is 6.01. The van der Waals surface area contributed by atoms with E-state index in [1.807, 2.05) is 39.0 Å². The highest BCUT2D eigenvalue weighted by Crippen LogP contribution is 2.20. The van der Waals surface area contributed by atoms with Gasteiger partial charge in [0, 0.05) is 18.3 Å². The molecule has 0 radical (unpaired) electrons. The minimum absolute atomic E-state index is 0.135. The third-order valence-corrected chi connectivity index (χ3v) is 3.89. The van der Waals surface area contributed by atoms with Crippen LogP contribution >= 0.6 is 0 Å². The average molecular weight is 340 g/mol. The fraction of sp³-hybridized carbons (Fsp3) is 0.300. The second-order valence-electron chi connectivity index (χ2n) is 6.01. The minimum Gasteiger partial charge on any atom is -0.481 e. The Bertz CT molecular complexity index is 754. The van der Waals surface area contributed by atoms with E-state index in [-0.39, 0.29) is 11.8 Å². The summed E-state index contributed by atoms with van der Waals surface area (Å²) in [5, 5.41) is 5.53. The summed E-state index contributed by atoms with van der Waals surface area (Å²) in [7, 11) is 0. The van der Waals surface area contributed by atoms with E-state index >= 15 is 0 Å². The molecular formula is C20H24N2O3. The van der Waals surface area contributed by atoms with Crippen LogP contribution in [0.5, 0.6) is 5.75 Å². The topological polar surface area (TPSA) is 67.4 Å². The molecule has 0 unspecified atom stereocenters. The molecular weight excluding hydrogens is 316 g/mol. The largest absolute Gasteiger partial charge is 0.481 e. The summed E-state index contributed by atoms with van der Waals surface area (Å²) < 4.78 is 5.84. The molecule has 0 aromatic heterocycles. The maximum Gasteiger partial charge on any atom is 0.265 e. The lowest BCUT2D eigenvalue weighted by atomic mass is 10.1. The number of rotatable bonds is 6. The quantitative estimate of drug-likeness (QED) is 0.833. The molecule has 0 heterocycles. The molecule has 0 bridgehead atoms. The Morgan fingerprint density at radius 2 is 1.56 bits per heavy atom. The van der Waals surface area contributed by atoms with Gasteiger partial charge >= 0.3 is 0 Å². The molecule has 0 fully saturated rings. The van der Waals surface area contributed by atoms with Crippen molar-refractivity contribution in [2.75, 3.05) is 10.6 Å². The summed E-state index contributed by atoms with van der Waals surface area (Å²) in [5.41, 5.74) is 3.65. The SMILES string of the molecule is CC[C@@H](Oc1ccc(C)c(C)c1)C(=O)Nc1ccc(NC(C)=O)cc1. The van der Waals surface area contributed by atoms with Gasteiger partial charge in [0.25, 0.3) is 5.91 Å². The number of hydrogen-bond donors (Lipinski definition) is 2. The van der Waals surface area contributed by atoms with Gasteiger partial charge in [0.2, 0.25) is 5.91 Å². The van der Waals surface area contributed by atoms with Gasteiger partial charge in [0.1, 0.15) is 5.75 Å². The number of aryl methyl sites for hydroxylation is 2. The van der Waals surface area contributed by atoms with Crippen molar-refractivity contribution in [2.45, 2.75) is 40.2 Å². The number of anilines is 2. The maximum absolute atomic E-state index is 12.5. The maximum atomic E-state index is 12.5. The molecule has 5 nitrogen and oxygen atoms in total. The highest BCUT2D eigenvalue weighted by atomic mass is 16.5. The predicted molar refractivity (Wildman–Crippen MR) is 100.0 cm³/mol. The molecule has 132 valence electrons. The van der Waals surface area contributed by atoms with Crippen molar-refractivity contribution in [1.82, 2.24) is 0 Å². The Labute approximate surface area is 148 Å². The first kappa shape index (κ1) is 18.5. The van der Waals surface area contributed by atoms with E-state index in [4.69, 9.17) is 4.74 Å². The van der Waals surface area contributed by atoms with Crippen LogP contribution in [0.4, 0.5) is 11.4 Å². The standard InChI is InChI=1S/C20H24N2O3/c1-5-19(25-18-11-6-13(2)14(3)12-18)20(24)22-17-9-7-16(8-10-17)21-15(4)23/h6-12,19H,5H2,1-4H3,(H,21,23)(H,22,24)/t19-/m1/s1. The lowest BCUT2D eigenvalue weighted by Gasteiger charge is -2.18. The van der Waals surface area contributed by atoms with Crippen LogP contribution in [0.3, 0.4) is 0 Å². The molecule has 2 aromatic rings. The van der Waals surface area contributed by atoms with Gasteiger partial charge in [-0.05, 0) is 67.8 Å². The molecule has 2 rings (SSSR count). The molecule has 25 heavy (non-hydrogen) atoms. The van der Waals surface area contributed by atoms with Crippen molar-refractivity contribution >= 4 is 23.2 Å². The van der Waals surface area contributed by atoms with Crippen molar-refractivity contribution in [3.8, 4) is 5.75 Å². The number of carbonyl (C=O) groups is 2. The van der Waals surface area contributed by atoms with Crippen molar-refractivity contribution in [3.05, 3.63) is 53.6 Å². The summed E-state index contributed by atoms with van der Waals surface area (Å²) >= 11 is 0. The first-order chi connectivity index (χ1) is 11.9. The number of nitrogens with one attached hydrogen (secondary N) is 2. The van der Waals surface area contributed by atoms with Gasteiger partial charge in [-0.25, -0.2) is 0 Å². The molecule has 0 aliphatic heterocycles. The first-order valence-electron chi connectivity index (χ1n) is 8.31. The highest BCUT2D eigenvalue weighted by Gasteiger charge is 2.18. The Morgan fingerprint density at radius 1 is 0.960 bits per heavy atom. The van der Waals surface area contributed by atoms with E-state index in [0.717, 1.165) is 5.56 Å². The molecule has 2 aromatic carbocycles. The third kappa shape index (κ3) is 5.35. The zero-order valence-corrected chi connectivity index (χ0v) is 15.1. The van der Waals surface area contributed by atoms with E-state index in [2.05, 4.69) is 10.6 Å². The molecule has 0 saturated heterocycles. The highest BCUT2D eigenvalue weighted by molar-refractivity contribution is 5.95. The molecule has 1 atom stereocenters. The van der Waals surface area contributed by atoms with Crippen molar-refractivity contribution in [1.29, 1.82) is 0 Å². The summed E-state index contributed by atoms with van der Waals surface area (Å²) in [6, 6.07) is 12.8. The molecule has 0 aliphatic rings. The number of hydrogen-bond acceptors (Lipinski definition) is 3. The molecule has 5 heteroatoms. The van der Waals surface area contributed by atoms with Crippen molar-refractivity contribution in [3.63, 3.8) is 0 Å². The predicted octanol–water partition coefficient (Wildman–Crippen LogP) is 4.06. The number of amides is 2. The fourth-order valence-corrected chi connectivity index (χ4v) is 2.34. The second kappa shape index (κ2) is 8.33. The van der Waals surface area contributed by atoms with Gasteiger partial charge in [0.05, 0.1) is 0 Å². The summed E-state index contributed by atoms with van der Waals surface area (Å²) in [5.74, 6) is 0.351. The van der Waals surface area contributed by atoms with E-state index in [0.29, 0.717) is 23.5 Å². The van der Waals surface area contributed by atoms with Gasteiger partial charge in [-0.2, -0.15) is 0 Å². The molecule has 2 N–H and O–H groups in total. The fourth-order valence-electron chi connectivity index (χ4n) is 2.34. The minimum atomic E-state index is -0.572. The number of benzene rings is 2. The smallest absolute Gasteiger partial charge is 0.265 e. The van der Waals surface area contributed by atoms with Crippen LogP contribution in [0.2, 0.25) is 0 Å². The Hall–Kier alpha value is -2.82. The molecule has 0 aliphatic carbocycles. The zero-order chi connectivity index (χ0) is 18.4. The summed E-state index contributed by atoms with van der Waals surface area (Å²) in [6.45, 7) is 7.41. The lowest BCUT2D eigenvalue weighted by Crippen LogP contribution is -2.32. The van der Waals surface area contributed by atoms with E-state index < -0.39 is 6.10 Å². The molecule has 2 amide bonds. The van der Waals surface area contributed by atoms with Crippen molar-refractivity contribution < 1.29 is 14.3 Å². The first-order valence-corrected chi connectivity index (χ1v) is 8.31. The normalized spacial score (nSPS) is 11.5. The Balaban J connectivity index is 2.01. The Morgan fingerprint density at radius 3 is 2.08 bits per heavy atom. The van der Waals surface area contributed by atoms with Gasteiger partial charge in [-0.3, -0.25) is 9.59 Å². The van der Waals surface area contributed by atoms with Gasteiger partial charge < -0.3 is 15.4 Å². The number of ether oxygens (including phenoxy) is 1. The van der Waals surface area contributed by atoms with Crippen LogP contribution in [0.1, 0.15) is 31.4 Å². The average Bonchev–Trinajstić information content (AvgIpc) is 2.57. The summed E-state index contributed by atoms with van der Waals surface area (Å²) in [4.78, 5) is 23.5. The van der Waals surface area contributed by atoms with E-state index in [1.54, 1.807) is 24.3 Å². The number of carbonyl (C=O) groups excluding carboxylic acids is 2. The van der Waals surface area contributed by atoms with Crippen LogP contribution in [-0.2, 0) is 9.59 Å².